The van der Waals surface area contributed by atoms with E-state index < -0.39 is 0 Å². The fourth-order valence-electron chi connectivity index (χ4n) is 3.23. The molecule has 160 valence electrons. The average Bonchev–Trinajstić information content (AvgIpc) is 2.55. The first-order valence-corrected chi connectivity index (χ1v) is 9.27. The Bertz CT molecular complexity index is 416. The van der Waals surface area contributed by atoms with E-state index in [0.717, 1.165) is 68.0 Å². The molecule has 10 heteroatoms. The maximum atomic E-state index is 12.0. The molecule has 0 unspecified atom stereocenters. The summed E-state index contributed by atoms with van der Waals surface area (Å²) in [6.45, 7) is 8.58. The number of nitrogens with zero attached hydrogens (tertiary/aromatic N) is 2. The molecule has 2 rings (SSSR count). The van der Waals surface area contributed by atoms with Crippen LogP contribution in [0.5, 0.6) is 0 Å². The zero-order valence-corrected chi connectivity index (χ0v) is 20.8. The van der Waals surface area contributed by atoms with Crippen molar-refractivity contribution in [2.45, 2.75) is 6.42 Å². The van der Waals surface area contributed by atoms with Gasteiger partial charge in [0, 0.05) is 13.1 Å². The summed E-state index contributed by atoms with van der Waals surface area (Å²) < 4.78 is 12.2. The van der Waals surface area contributed by atoms with Gasteiger partial charge in [-0.3, -0.25) is 9.59 Å². The number of likely N-dealkylation sites (N-methyl/N-ethyl adjacent to an activating group) is 2. The van der Waals surface area contributed by atoms with Crippen LogP contribution in [0.1, 0.15) is 6.42 Å². The van der Waals surface area contributed by atoms with Crippen LogP contribution in [0.3, 0.4) is 0 Å². The number of nitrogens with one attached hydrogen (secondary N) is 2. The highest BCUT2D eigenvalue weighted by Crippen LogP contribution is 2.07. The van der Waals surface area contributed by atoms with Gasteiger partial charge in [0.15, 0.2) is 13.1 Å². The summed E-state index contributed by atoms with van der Waals surface area (Å²) in [6, 6.07) is 0. The number of hydrogen-bond acceptors (Lipinski definition) is 4. The Morgan fingerprint density at radius 3 is 1.41 bits per heavy atom. The average molecular weight is 612 g/mol. The van der Waals surface area contributed by atoms with Crippen molar-refractivity contribution in [2.75, 3.05) is 92.9 Å². The van der Waals surface area contributed by atoms with Crippen molar-refractivity contribution in [1.82, 2.24) is 10.6 Å². The molecule has 2 aliphatic heterocycles. The molecule has 2 amide bonds. The fourth-order valence-corrected chi connectivity index (χ4v) is 3.23. The minimum Gasteiger partial charge on any atom is -1.00 e. The van der Waals surface area contributed by atoms with E-state index in [1.54, 1.807) is 0 Å². The Labute approximate surface area is 196 Å². The SMILES string of the molecule is C[N+]1(CC(=O)NCCCNC(=O)C[N+]2(C)CCOCC2)CCOCC1.[I-].[I-]. The molecule has 27 heavy (non-hydrogen) atoms. The molecule has 2 heterocycles. The number of rotatable bonds is 8. The molecule has 0 bridgehead atoms. The van der Waals surface area contributed by atoms with Gasteiger partial charge in [-0.25, -0.2) is 0 Å². The highest BCUT2D eigenvalue weighted by atomic mass is 127. The summed E-state index contributed by atoms with van der Waals surface area (Å²) in [5, 5.41) is 5.90. The van der Waals surface area contributed by atoms with Crippen molar-refractivity contribution in [1.29, 1.82) is 0 Å². The van der Waals surface area contributed by atoms with Gasteiger partial charge in [-0.15, -0.1) is 0 Å². The zero-order valence-electron chi connectivity index (χ0n) is 16.5. The molecule has 0 aromatic carbocycles. The van der Waals surface area contributed by atoms with Gasteiger partial charge in [-0.05, 0) is 6.42 Å². The minimum atomic E-state index is 0. The second kappa shape index (κ2) is 13.5. The highest BCUT2D eigenvalue weighted by Gasteiger charge is 2.29. The van der Waals surface area contributed by atoms with Crippen molar-refractivity contribution in [3.05, 3.63) is 0 Å². The molecule has 2 saturated heterocycles. The lowest BCUT2D eigenvalue weighted by molar-refractivity contribution is -0.909. The topological polar surface area (TPSA) is 76.7 Å². The van der Waals surface area contributed by atoms with Crippen LogP contribution >= 0.6 is 0 Å². The highest BCUT2D eigenvalue weighted by molar-refractivity contribution is 5.77. The van der Waals surface area contributed by atoms with Gasteiger partial charge in [0.2, 0.25) is 0 Å². The molecule has 0 spiro atoms. The van der Waals surface area contributed by atoms with Crippen molar-refractivity contribution >= 4 is 11.8 Å². The van der Waals surface area contributed by atoms with Gasteiger partial charge in [0.25, 0.3) is 11.8 Å². The van der Waals surface area contributed by atoms with Crippen molar-refractivity contribution in [3.63, 3.8) is 0 Å². The van der Waals surface area contributed by atoms with Gasteiger partial charge >= 0.3 is 0 Å². The van der Waals surface area contributed by atoms with Gasteiger partial charge in [0.1, 0.15) is 26.2 Å². The van der Waals surface area contributed by atoms with E-state index in [4.69, 9.17) is 9.47 Å². The van der Waals surface area contributed by atoms with Crippen molar-refractivity contribution in [2.24, 2.45) is 0 Å². The molecule has 0 aromatic heterocycles. The molecule has 2 N–H and O–H groups in total. The summed E-state index contributed by atoms with van der Waals surface area (Å²) in [5.41, 5.74) is 0. The molecule has 2 fully saturated rings. The van der Waals surface area contributed by atoms with Crippen LogP contribution in [-0.4, -0.2) is 114 Å². The number of ether oxygens (including phenoxy) is 2. The Hall–Kier alpha value is 0.240. The number of carbonyl (C=O) groups excluding carboxylic acids is 2. The van der Waals surface area contributed by atoms with Crippen LogP contribution < -0.4 is 58.6 Å². The van der Waals surface area contributed by atoms with Gasteiger partial charge < -0.3 is 77.0 Å². The molecule has 0 atom stereocenters. The third-order valence-corrected chi connectivity index (χ3v) is 5.15. The second-order valence-corrected chi connectivity index (χ2v) is 7.73. The summed E-state index contributed by atoms with van der Waals surface area (Å²) in [5.74, 6) is 0.143. The monoisotopic (exact) mass is 612 g/mol. The molecule has 0 saturated carbocycles. The number of halogens is 2. The molecule has 8 nitrogen and oxygen atoms in total. The van der Waals surface area contributed by atoms with Crippen LogP contribution in [0.2, 0.25) is 0 Å². The van der Waals surface area contributed by atoms with Crippen LogP contribution in [-0.2, 0) is 19.1 Å². The Morgan fingerprint density at radius 2 is 1.07 bits per heavy atom. The quantitative estimate of drug-likeness (QED) is 0.163. The number of morpholine rings is 2. The summed E-state index contributed by atoms with van der Waals surface area (Å²) >= 11 is 0. The van der Waals surface area contributed by atoms with Crippen molar-refractivity contribution < 1.29 is 76.0 Å². The molecule has 2 aliphatic rings. The predicted octanol–water partition coefficient (Wildman–Crippen LogP) is -7.43. The van der Waals surface area contributed by atoms with Gasteiger partial charge in [-0.1, -0.05) is 0 Å². The first-order chi connectivity index (χ1) is 11.9. The standard InChI is InChI=1S/C17H32N4O4.2HI/c1-20(6-10-24-11-7-20)14-16(22)18-4-3-5-19-17(23)15-21(2)8-12-25-13-9-21;;/h3-15H2,1-2H3;2*1H. The summed E-state index contributed by atoms with van der Waals surface area (Å²) in [7, 11) is 4.19. The van der Waals surface area contributed by atoms with E-state index in [1.165, 1.54) is 0 Å². The van der Waals surface area contributed by atoms with Crippen molar-refractivity contribution in [3.8, 4) is 0 Å². The predicted molar refractivity (Wildman–Crippen MR) is 93.8 cm³/mol. The minimum absolute atomic E-state index is 0. The first kappa shape index (κ1) is 27.2. The van der Waals surface area contributed by atoms with E-state index in [-0.39, 0.29) is 59.8 Å². The molecular weight excluding hydrogens is 578 g/mol. The van der Waals surface area contributed by atoms with E-state index in [0.29, 0.717) is 26.2 Å². The summed E-state index contributed by atoms with van der Waals surface area (Å²) in [6.07, 6.45) is 0.747. The Kier molecular flexibility index (Phi) is 13.6. The van der Waals surface area contributed by atoms with Crippen LogP contribution in [0.4, 0.5) is 0 Å². The Balaban J connectivity index is 0.00000338. The summed E-state index contributed by atoms with van der Waals surface area (Å²) in [4.78, 5) is 24.1. The number of quaternary nitrogens is 2. The second-order valence-electron chi connectivity index (χ2n) is 7.73. The largest absolute Gasteiger partial charge is 1.00 e. The molecule has 0 radical (unpaired) electrons. The number of hydrogen-bond donors (Lipinski definition) is 2. The Morgan fingerprint density at radius 1 is 0.741 bits per heavy atom. The molecule has 0 aromatic rings. The van der Waals surface area contributed by atoms with E-state index in [9.17, 15) is 9.59 Å². The lowest BCUT2D eigenvalue weighted by Gasteiger charge is -2.36. The number of carbonyl (C=O) groups is 2. The van der Waals surface area contributed by atoms with Gasteiger partial charge in [-0.2, -0.15) is 0 Å². The van der Waals surface area contributed by atoms with Crippen LogP contribution in [0.25, 0.3) is 0 Å². The molecule has 0 aliphatic carbocycles. The van der Waals surface area contributed by atoms with Crippen LogP contribution in [0, 0.1) is 0 Å². The smallest absolute Gasteiger partial charge is 0.275 e. The third-order valence-electron chi connectivity index (χ3n) is 5.15. The van der Waals surface area contributed by atoms with E-state index >= 15 is 0 Å². The maximum Gasteiger partial charge on any atom is 0.275 e. The maximum absolute atomic E-state index is 12.0. The van der Waals surface area contributed by atoms with Gasteiger partial charge in [0.05, 0.1) is 40.5 Å². The normalized spacial score (nSPS) is 20.5. The van der Waals surface area contributed by atoms with E-state index in [1.807, 2.05) is 0 Å². The zero-order chi connectivity index (χ0) is 18.2. The lowest BCUT2D eigenvalue weighted by atomic mass is 10.3. The fraction of sp³-hybridized carbons (Fsp3) is 0.882. The first-order valence-electron chi connectivity index (χ1n) is 9.27. The lowest BCUT2D eigenvalue weighted by Crippen LogP contribution is -3.00. The van der Waals surface area contributed by atoms with E-state index in [2.05, 4.69) is 24.7 Å². The van der Waals surface area contributed by atoms with Crippen LogP contribution in [0.15, 0.2) is 0 Å². The molecular formula is C17H34I2N4O4. The third kappa shape index (κ3) is 10.5. The number of amides is 2.